The molecular weight excluding hydrogens is 216 g/mol. The standard InChI is InChI=1S/C13H26N2O2/c1-10(2)15-7-11(6-12(16)17)14(5)8-13(3,4)9-15/h10-11H,6-9H2,1-5H3,(H,16,17). The Morgan fingerprint density at radius 1 is 1.41 bits per heavy atom. The summed E-state index contributed by atoms with van der Waals surface area (Å²) in [4.78, 5) is 15.5. The molecule has 0 spiro atoms. The average molecular weight is 242 g/mol. The zero-order valence-electron chi connectivity index (χ0n) is 11.7. The van der Waals surface area contributed by atoms with Crippen molar-refractivity contribution in [2.45, 2.75) is 46.2 Å². The summed E-state index contributed by atoms with van der Waals surface area (Å²) in [6, 6.07) is 0.591. The normalized spacial score (nSPS) is 27.1. The lowest BCUT2D eigenvalue weighted by molar-refractivity contribution is -0.138. The Hall–Kier alpha value is -0.610. The molecule has 0 amide bonds. The Kier molecular flexibility index (Phi) is 4.55. The van der Waals surface area contributed by atoms with Gasteiger partial charge in [0.2, 0.25) is 0 Å². The van der Waals surface area contributed by atoms with Crippen LogP contribution in [0.2, 0.25) is 0 Å². The Morgan fingerprint density at radius 3 is 2.47 bits per heavy atom. The van der Waals surface area contributed by atoms with E-state index in [2.05, 4.69) is 37.5 Å². The van der Waals surface area contributed by atoms with Gasteiger partial charge in [-0.1, -0.05) is 13.8 Å². The monoisotopic (exact) mass is 242 g/mol. The van der Waals surface area contributed by atoms with E-state index < -0.39 is 5.97 Å². The second kappa shape index (κ2) is 5.36. The number of rotatable bonds is 3. The molecule has 0 aliphatic carbocycles. The first-order valence-electron chi connectivity index (χ1n) is 6.37. The van der Waals surface area contributed by atoms with E-state index in [1.54, 1.807) is 0 Å². The van der Waals surface area contributed by atoms with Crippen LogP contribution in [0.3, 0.4) is 0 Å². The molecule has 0 aromatic rings. The van der Waals surface area contributed by atoms with Crippen LogP contribution in [0.1, 0.15) is 34.1 Å². The molecule has 1 rings (SSSR count). The van der Waals surface area contributed by atoms with Gasteiger partial charge >= 0.3 is 5.97 Å². The van der Waals surface area contributed by atoms with Gasteiger partial charge in [0.1, 0.15) is 0 Å². The molecule has 1 heterocycles. The van der Waals surface area contributed by atoms with Crippen LogP contribution in [0, 0.1) is 5.41 Å². The van der Waals surface area contributed by atoms with Crippen LogP contribution < -0.4 is 0 Å². The maximum Gasteiger partial charge on any atom is 0.304 e. The summed E-state index contributed by atoms with van der Waals surface area (Å²) >= 11 is 0. The summed E-state index contributed by atoms with van der Waals surface area (Å²) in [5.74, 6) is -0.703. The topological polar surface area (TPSA) is 43.8 Å². The zero-order valence-corrected chi connectivity index (χ0v) is 11.7. The first-order chi connectivity index (χ1) is 7.71. The van der Waals surface area contributed by atoms with Gasteiger partial charge in [0, 0.05) is 31.7 Å². The first kappa shape index (κ1) is 14.5. The van der Waals surface area contributed by atoms with E-state index >= 15 is 0 Å². The van der Waals surface area contributed by atoms with E-state index in [1.807, 2.05) is 7.05 Å². The first-order valence-corrected chi connectivity index (χ1v) is 6.37. The lowest BCUT2D eigenvalue weighted by Crippen LogP contribution is -2.42. The van der Waals surface area contributed by atoms with Gasteiger partial charge in [0.25, 0.3) is 0 Å². The highest BCUT2D eigenvalue weighted by Gasteiger charge is 2.33. The maximum atomic E-state index is 10.9. The van der Waals surface area contributed by atoms with Gasteiger partial charge in [0.15, 0.2) is 0 Å². The van der Waals surface area contributed by atoms with Crippen LogP contribution >= 0.6 is 0 Å². The van der Waals surface area contributed by atoms with Gasteiger partial charge in [-0.3, -0.25) is 9.69 Å². The molecule has 1 aliphatic heterocycles. The number of nitrogens with zero attached hydrogens (tertiary/aromatic N) is 2. The van der Waals surface area contributed by atoms with Crippen molar-refractivity contribution in [1.82, 2.24) is 9.80 Å². The predicted octanol–water partition coefficient (Wildman–Crippen LogP) is 1.51. The van der Waals surface area contributed by atoms with Crippen molar-refractivity contribution in [3.63, 3.8) is 0 Å². The van der Waals surface area contributed by atoms with Crippen molar-refractivity contribution in [2.24, 2.45) is 5.41 Å². The molecule has 0 saturated carbocycles. The Labute approximate surface area is 105 Å². The summed E-state index contributed by atoms with van der Waals surface area (Å²) < 4.78 is 0. The van der Waals surface area contributed by atoms with Gasteiger partial charge in [-0.25, -0.2) is 0 Å². The number of likely N-dealkylation sites (N-methyl/N-ethyl adjacent to an activating group) is 1. The van der Waals surface area contributed by atoms with Crippen molar-refractivity contribution in [3.05, 3.63) is 0 Å². The van der Waals surface area contributed by atoms with Crippen LogP contribution in [0.25, 0.3) is 0 Å². The number of hydrogen-bond donors (Lipinski definition) is 1. The van der Waals surface area contributed by atoms with Crippen molar-refractivity contribution < 1.29 is 9.90 Å². The minimum atomic E-state index is -0.703. The summed E-state index contributed by atoms with van der Waals surface area (Å²) in [5.41, 5.74) is 0.215. The smallest absolute Gasteiger partial charge is 0.304 e. The quantitative estimate of drug-likeness (QED) is 0.815. The van der Waals surface area contributed by atoms with Crippen molar-refractivity contribution >= 4 is 5.97 Å². The van der Waals surface area contributed by atoms with Crippen LogP contribution in [0.5, 0.6) is 0 Å². The minimum Gasteiger partial charge on any atom is -0.481 e. The molecule has 0 radical (unpaired) electrons. The third-order valence-electron chi connectivity index (χ3n) is 3.52. The molecule has 4 nitrogen and oxygen atoms in total. The molecular formula is C13H26N2O2. The van der Waals surface area contributed by atoms with E-state index in [0.717, 1.165) is 19.6 Å². The molecule has 17 heavy (non-hydrogen) atoms. The highest BCUT2D eigenvalue weighted by Crippen LogP contribution is 2.25. The second-order valence-electron chi connectivity index (χ2n) is 6.35. The SMILES string of the molecule is CC(C)N1CC(CC(=O)O)N(C)CC(C)(C)C1. The highest BCUT2D eigenvalue weighted by atomic mass is 16.4. The molecule has 0 aromatic heterocycles. The van der Waals surface area contributed by atoms with Gasteiger partial charge in [-0.15, -0.1) is 0 Å². The number of carbonyl (C=O) groups is 1. The van der Waals surface area contributed by atoms with Crippen molar-refractivity contribution in [1.29, 1.82) is 0 Å². The van der Waals surface area contributed by atoms with Gasteiger partial charge < -0.3 is 10.0 Å². The number of carboxylic acids is 1. The Bertz CT molecular complexity index is 277. The Balaban J connectivity index is 2.82. The lowest BCUT2D eigenvalue weighted by Gasteiger charge is -2.32. The summed E-state index contributed by atoms with van der Waals surface area (Å²) in [6.45, 7) is 11.7. The summed E-state index contributed by atoms with van der Waals surface area (Å²) in [7, 11) is 2.04. The molecule has 1 unspecified atom stereocenters. The zero-order chi connectivity index (χ0) is 13.2. The van der Waals surface area contributed by atoms with Crippen LogP contribution in [-0.4, -0.2) is 59.6 Å². The maximum absolute atomic E-state index is 10.9. The van der Waals surface area contributed by atoms with Gasteiger partial charge in [0.05, 0.1) is 6.42 Å². The fraction of sp³-hybridized carbons (Fsp3) is 0.923. The molecule has 1 atom stereocenters. The third kappa shape index (κ3) is 4.28. The Morgan fingerprint density at radius 2 is 2.00 bits per heavy atom. The summed E-state index contributed by atoms with van der Waals surface area (Å²) in [5, 5.41) is 8.99. The lowest BCUT2D eigenvalue weighted by atomic mass is 9.92. The third-order valence-corrected chi connectivity index (χ3v) is 3.52. The molecule has 1 N–H and O–H groups in total. The number of carboxylic acid groups (broad SMARTS) is 1. The average Bonchev–Trinajstić information content (AvgIpc) is 2.22. The largest absolute Gasteiger partial charge is 0.481 e. The fourth-order valence-corrected chi connectivity index (χ4v) is 2.69. The van der Waals surface area contributed by atoms with Crippen LogP contribution in [-0.2, 0) is 4.79 Å². The second-order valence-corrected chi connectivity index (χ2v) is 6.35. The van der Waals surface area contributed by atoms with Gasteiger partial charge in [-0.2, -0.15) is 0 Å². The number of aliphatic carboxylic acids is 1. The van der Waals surface area contributed by atoms with Crippen LogP contribution in [0.15, 0.2) is 0 Å². The molecule has 1 fully saturated rings. The highest BCUT2D eigenvalue weighted by molar-refractivity contribution is 5.67. The molecule has 1 aliphatic rings. The van der Waals surface area contributed by atoms with E-state index in [4.69, 9.17) is 5.11 Å². The molecule has 1 saturated heterocycles. The van der Waals surface area contributed by atoms with Crippen molar-refractivity contribution in [3.8, 4) is 0 Å². The van der Waals surface area contributed by atoms with Crippen molar-refractivity contribution in [2.75, 3.05) is 26.7 Å². The molecule has 4 heteroatoms. The van der Waals surface area contributed by atoms with E-state index in [1.165, 1.54) is 0 Å². The summed E-state index contributed by atoms with van der Waals surface area (Å²) in [6.07, 6.45) is 0.232. The molecule has 0 aromatic carbocycles. The van der Waals surface area contributed by atoms with E-state index in [9.17, 15) is 4.79 Å². The molecule has 0 bridgehead atoms. The van der Waals surface area contributed by atoms with E-state index in [-0.39, 0.29) is 17.9 Å². The van der Waals surface area contributed by atoms with Crippen LogP contribution in [0.4, 0.5) is 0 Å². The number of hydrogen-bond acceptors (Lipinski definition) is 3. The molecule has 100 valence electrons. The minimum absolute atomic E-state index is 0.122. The van der Waals surface area contributed by atoms with E-state index in [0.29, 0.717) is 6.04 Å². The predicted molar refractivity (Wildman–Crippen MR) is 69.2 cm³/mol. The fourth-order valence-electron chi connectivity index (χ4n) is 2.69. The van der Waals surface area contributed by atoms with Gasteiger partial charge in [-0.05, 0) is 26.3 Å².